The van der Waals surface area contributed by atoms with Gasteiger partial charge in [-0.25, -0.2) is 0 Å². The Morgan fingerprint density at radius 3 is 2.45 bits per heavy atom. The molecule has 1 aliphatic heterocycles. The van der Waals surface area contributed by atoms with Crippen LogP contribution in [0.25, 0.3) is 0 Å². The smallest absolute Gasteiger partial charge is 0.121 e. The van der Waals surface area contributed by atoms with E-state index in [1.54, 1.807) is 7.11 Å². The van der Waals surface area contributed by atoms with Crippen LogP contribution < -0.4 is 4.74 Å². The molecule has 9 heteroatoms. The molecule has 0 radical (unpaired) electrons. The summed E-state index contributed by atoms with van der Waals surface area (Å²) in [6.45, 7) is 0.536. The third-order valence-electron chi connectivity index (χ3n) is 4.82. The first-order valence-corrected chi connectivity index (χ1v) is 10.4. The van der Waals surface area contributed by atoms with Crippen molar-refractivity contribution >= 4 is 22.9 Å². The van der Waals surface area contributed by atoms with Crippen LogP contribution >= 0.6 is 22.9 Å². The molecule has 0 saturated carbocycles. The quantitative estimate of drug-likeness (QED) is 0.457. The average molecular weight is 445 g/mol. The number of hydrogen-bond donors (Lipinski definition) is 4. The van der Waals surface area contributed by atoms with Crippen molar-refractivity contribution in [2.75, 3.05) is 26.9 Å². The van der Waals surface area contributed by atoms with Crippen molar-refractivity contribution in [3.63, 3.8) is 0 Å². The summed E-state index contributed by atoms with van der Waals surface area (Å²) in [6.07, 6.45) is -5.37. The molecule has 0 aliphatic carbocycles. The van der Waals surface area contributed by atoms with E-state index in [0.29, 0.717) is 28.8 Å². The normalized spacial score (nSPS) is 27.2. The highest BCUT2D eigenvalue weighted by molar-refractivity contribution is 7.16. The number of benzene rings is 1. The van der Waals surface area contributed by atoms with E-state index in [0.717, 1.165) is 16.9 Å². The topological polar surface area (TPSA) is 109 Å². The Labute approximate surface area is 178 Å². The van der Waals surface area contributed by atoms with E-state index in [-0.39, 0.29) is 0 Å². The highest BCUT2D eigenvalue weighted by Crippen LogP contribution is 2.39. The standard InChI is InChI=1S/C20H25ClO7S/c1-26-6-7-27-13-4-2-11(3-5-13)8-12-9-15(29-20(12)21)19-18(25)17(24)16(23)14(10-22)28-19/h2-5,9,14,16-19,22-25H,6-8,10H2,1H3. The zero-order valence-electron chi connectivity index (χ0n) is 15.9. The Balaban J connectivity index is 1.70. The molecule has 5 unspecified atom stereocenters. The van der Waals surface area contributed by atoms with Gasteiger partial charge in [0, 0.05) is 12.0 Å². The molecule has 29 heavy (non-hydrogen) atoms. The molecule has 0 spiro atoms. The van der Waals surface area contributed by atoms with Crippen LogP contribution in [0.1, 0.15) is 22.1 Å². The first-order valence-electron chi connectivity index (χ1n) is 9.24. The van der Waals surface area contributed by atoms with Crippen LogP contribution in [-0.2, 0) is 15.9 Å². The van der Waals surface area contributed by atoms with Crippen LogP contribution in [0.2, 0.25) is 4.34 Å². The van der Waals surface area contributed by atoms with Gasteiger partial charge < -0.3 is 34.6 Å². The Morgan fingerprint density at radius 1 is 1.07 bits per heavy atom. The van der Waals surface area contributed by atoms with Crippen LogP contribution in [0.4, 0.5) is 0 Å². The molecule has 0 amide bonds. The Hall–Kier alpha value is -1.23. The van der Waals surface area contributed by atoms with Gasteiger partial charge in [0.05, 0.1) is 17.6 Å². The van der Waals surface area contributed by atoms with Gasteiger partial charge >= 0.3 is 0 Å². The van der Waals surface area contributed by atoms with Crippen LogP contribution in [0, 0.1) is 0 Å². The lowest BCUT2D eigenvalue weighted by atomic mass is 9.94. The number of aliphatic hydroxyl groups is 4. The van der Waals surface area contributed by atoms with Crippen molar-refractivity contribution in [2.24, 2.45) is 0 Å². The second-order valence-corrected chi connectivity index (χ2v) is 8.55. The van der Waals surface area contributed by atoms with Gasteiger partial charge in [-0.05, 0) is 35.7 Å². The molecule has 3 rings (SSSR count). The summed E-state index contributed by atoms with van der Waals surface area (Å²) in [7, 11) is 1.62. The van der Waals surface area contributed by atoms with Gasteiger partial charge in [-0.15, -0.1) is 11.3 Å². The van der Waals surface area contributed by atoms with Gasteiger partial charge in [0.25, 0.3) is 0 Å². The monoisotopic (exact) mass is 444 g/mol. The molecule has 2 aromatic rings. The van der Waals surface area contributed by atoms with Gasteiger partial charge in [-0.1, -0.05) is 23.7 Å². The van der Waals surface area contributed by atoms with Gasteiger partial charge in [0.2, 0.25) is 0 Å². The Bertz CT molecular complexity index is 780. The van der Waals surface area contributed by atoms with Crippen LogP contribution in [0.15, 0.2) is 30.3 Å². The minimum absolute atomic E-state index is 0.466. The fraction of sp³-hybridized carbons (Fsp3) is 0.500. The average Bonchev–Trinajstić information content (AvgIpc) is 3.08. The van der Waals surface area contributed by atoms with Crippen LogP contribution in [0.5, 0.6) is 5.75 Å². The zero-order valence-corrected chi connectivity index (χ0v) is 17.5. The Morgan fingerprint density at radius 2 is 1.79 bits per heavy atom. The molecule has 4 N–H and O–H groups in total. The molecule has 1 fully saturated rings. The van der Waals surface area contributed by atoms with Crippen molar-refractivity contribution < 1.29 is 34.6 Å². The predicted molar refractivity (Wildman–Crippen MR) is 109 cm³/mol. The number of thiophene rings is 1. The van der Waals surface area contributed by atoms with E-state index in [2.05, 4.69) is 0 Å². The van der Waals surface area contributed by atoms with Gasteiger partial charge in [0.15, 0.2) is 0 Å². The Kier molecular flexibility index (Phi) is 7.89. The maximum atomic E-state index is 10.3. The van der Waals surface area contributed by atoms with Crippen molar-refractivity contribution in [1.82, 2.24) is 0 Å². The van der Waals surface area contributed by atoms with Crippen LogP contribution in [-0.4, -0.2) is 71.8 Å². The molecular weight excluding hydrogens is 420 g/mol. The summed E-state index contributed by atoms with van der Waals surface area (Å²) in [4.78, 5) is 0.626. The second-order valence-electron chi connectivity index (χ2n) is 6.86. The molecule has 160 valence electrons. The maximum absolute atomic E-state index is 10.3. The first kappa shape index (κ1) is 22.5. The third kappa shape index (κ3) is 5.28. The lowest BCUT2D eigenvalue weighted by Crippen LogP contribution is -2.55. The highest BCUT2D eigenvalue weighted by atomic mass is 35.5. The van der Waals surface area contributed by atoms with Crippen molar-refractivity contribution in [3.8, 4) is 5.75 Å². The van der Waals surface area contributed by atoms with Gasteiger partial charge in [-0.2, -0.15) is 0 Å². The molecule has 7 nitrogen and oxygen atoms in total. The number of methoxy groups -OCH3 is 1. The van der Waals surface area contributed by atoms with Gasteiger partial charge in [-0.3, -0.25) is 0 Å². The summed E-state index contributed by atoms with van der Waals surface area (Å²) in [5.41, 5.74) is 1.89. The molecule has 1 aromatic heterocycles. The van der Waals surface area contributed by atoms with Crippen molar-refractivity contribution in [2.45, 2.75) is 36.9 Å². The summed E-state index contributed by atoms with van der Waals surface area (Å²) < 4.78 is 16.7. The molecule has 1 aromatic carbocycles. The fourth-order valence-corrected chi connectivity index (χ4v) is 4.56. The molecular formula is C20H25ClO7S. The lowest BCUT2D eigenvalue weighted by molar-refractivity contribution is -0.230. The molecule has 2 heterocycles. The highest BCUT2D eigenvalue weighted by Gasteiger charge is 2.44. The molecule has 0 bridgehead atoms. The number of halogens is 1. The number of ether oxygens (including phenoxy) is 3. The van der Waals surface area contributed by atoms with E-state index in [9.17, 15) is 20.4 Å². The van der Waals surface area contributed by atoms with E-state index in [1.165, 1.54) is 11.3 Å². The molecule has 1 aliphatic rings. The first-order chi connectivity index (χ1) is 13.9. The number of rotatable bonds is 8. The van der Waals surface area contributed by atoms with E-state index in [1.807, 2.05) is 30.3 Å². The maximum Gasteiger partial charge on any atom is 0.121 e. The van der Waals surface area contributed by atoms with E-state index >= 15 is 0 Å². The number of aliphatic hydroxyl groups excluding tert-OH is 4. The van der Waals surface area contributed by atoms with Crippen molar-refractivity contribution in [1.29, 1.82) is 0 Å². The predicted octanol–water partition coefficient (Wildman–Crippen LogP) is 1.53. The summed E-state index contributed by atoms with van der Waals surface area (Å²) in [5, 5.41) is 39.6. The van der Waals surface area contributed by atoms with Crippen LogP contribution in [0.3, 0.4) is 0 Å². The van der Waals surface area contributed by atoms with E-state index < -0.39 is 37.1 Å². The number of hydrogen-bond acceptors (Lipinski definition) is 8. The summed E-state index contributed by atoms with van der Waals surface area (Å²) in [6, 6.07) is 9.48. The fourth-order valence-electron chi connectivity index (χ4n) is 3.19. The summed E-state index contributed by atoms with van der Waals surface area (Å²) in [5.74, 6) is 0.754. The minimum atomic E-state index is -1.42. The zero-order chi connectivity index (χ0) is 21.0. The van der Waals surface area contributed by atoms with E-state index in [4.69, 9.17) is 25.8 Å². The molecule has 1 saturated heterocycles. The second kappa shape index (κ2) is 10.2. The van der Waals surface area contributed by atoms with Crippen molar-refractivity contribution in [3.05, 3.63) is 50.7 Å². The van der Waals surface area contributed by atoms with Gasteiger partial charge in [0.1, 0.15) is 42.9 Å². The third-order valence-corrected chi connectivity index (χ3v) is 6.32. The molecule has 5 atom stereocenters. The largest absolute Gasteiger partial charge is 0.491 e. The SMILES string of the molecule is COCCOc1ccc(Cc2cc(C3OC(CO)C(O)C(O)C3O)sc2Cl)cc1. The minimum Gasteiger partial charge on any atom is -0.491 e. The summed E-state index contributed by atoms with van der Waals surface area (Å²) >= 11 is 7.64. The lowest BCUT2D eigenvalue weighted by Gasteiger charge is -2.39.